The van der Waals surface area contributed by atoms with Crippen molar-refractivity contribution >= 4 is 21.7 Å². The summed E-state index contributed by atoms with van der Waals surface area (Å²) in [7, 11) is 0. The Morgan fingerprint density at radius 2 is 2.30 bits per heavy atom. The molecule has 0 unspecified atom stereocenters. The zero-order valence-electron chi connectivity index (χ0n) is 6.11. The van der Waals surface area contributed by atoms with Crippen molar-refractivity contribution < 1.29 is 4.79 Å². The summed E-state index contributed by atoms with van der Waals surface area (Å²) >= 11 is 3.40. The van der Waals surface area contributed by atoms with Crippen molar-refractivity contribution in [3.8, 4) is 0 Å². The number of rotatable bonds is 2. The average Bonchev–Trinajstić information content (AvgIpc) is 2.34. The third-order valence-corrected chi connectivity index (χ3v) is 2.68. The van der Waals surface area contributed by atoms with Gasteiger partial charge in [-0.3, -0.25) is 4.79 Å². The van der Waals surface area contributed by atoms with Crippen molar-refractivity contribution in [3.05, 3.63) is 10.1 Å². The van der Waals surface area contributed by atoms with Gasteiger partial charge in [-0.2, -0.15) is 0 Å². The second-order valence-electron chi connectivity index (χ2n) is 2.51. The molecule has 0 fully saturated rings. The highest BCUT2D eigenvalue weighted by atomic mass is 79.9. The van der Waals surface area contributed by atoms with Crippen LogP contribution in [0.2, 0.25) is 0 Å². The Bertz CT molecular complexity index is 182. The molecule has 0 aromatic heterocycles. The van der Waals surface area contributed by atoms with E-state index in [-0.39, 0.29) is 0 Å². The zero-order chi connectivity index (χ0) is 7.56. The summed E-state index contributed by atoms with van der Waals surface area (Å²) in [5.74, 6) is 0.310. The topological polar surface area (TPSA) is 17.1 Å². The monoisotopic (exact) mass is 202 g/mol. The molecule has 1 nitrogen and oxygen atoms in total. The van der Waals surface area contributed by atoms with Gasteiger partial charge in [-0.25, -0.2) is 0 Å². The Kier molecular flexibility index (Phi) is 2.66. The lowest BCUT2D eigenvalue weighted by atomic mass is 10.1. The van der Waals surface area contributed by atoms with Gasteiger partial charge in [0.2, 0.25) is 0 Å². The van der Waals surface area contributed by atoms with Crippen LogP contribution in [0.15, 0.2) is 10.1 Å². The maximum absolute atomic E-state index is 11.1. The predicted molar refractivity (Wildman–Crippen MR) is 45.1 cm³/mol. The van der Waals surface area contributed by atoms with Gasteiger partial charge in [0.25, 0.3) is 0 Å². The highest BCUT2D eigenvalue weighted by molar-refractivity contribution is 9.11. The van der Waals surface area contributed by atoms with Gasteiger partial charge in [-0.05, 0) is 19.3 Å². The van der Waals surface area contributed by atoms with Crippen molar-refractivity contribution in [2.45, 2.75) is 32.6 Å². The summed E-state index contributed by atoms with van der Waals surface area (Å²) in [5, 5.41) is 0. The van der Waals surface area contributed by atoms with E-state index in [1.807, 2.05) is 6.92 Å². The molecule has 0 atom stereocenters. The average molecular weight is 203 g/mol. The maximum atomic E-state index is 11.1. The molecule has 1 rings (SSSR count). The quantitative estimate of drug-likeness (QED) is 0.674. The van der Waals surface area contributed by atoms with Crippen molar-refractivity contribution in [2.24, 2.45) is 0 Å². The second-order valence-corrected chi connectivity index (χ2v) is 3.47. The Hall–Kier alpha value is -0.110. The van der Waals surface area contributed by atoms with E-state index < -0.39 is 0 Å². The summed E-state index contributed by atoms with van der Waals surface area (Å²) in [6.45, 7) is 1.91. The summed E-state index contributed by atoms with van der Waals surface area (Å²) in [6.07, 6.45) is 3.82. The van der Waals surface area contributed by atoms with Crippen molar-refractivity contribution in [1.82, 2.24) is 0 Å². The van der Waals surface area contributed by atoms with Gasteiger partial charge >= 0.3 is 0 Å². The van der Waals surface area contributed by atoms with E-state index in [1.54, 1.807) is 0 Å². The highest BCUT2D eigenvalue weighted by Crippen LogP contribution is 2.31. The van der Waals surface area contributed by atoms with Crippen LogP contribution in [0.1, 0.15) is 32.6 Å². The van der Waals surface area contributed by atoms with Crippen molar-refractivity contribution in [3.63, 3.8) is 0 Å². The number of halogens is 1. The van der Waals surface area contributed by atoms with E-state index in [1.165, 1.54) is 0 Å². The van der Waals surface area contributed by atoms with Crippen LogP contribution >= 0.6 is 15.9 Å². The lowest BCUT2D eigenvalue weighted by Gasteiger charge is -1.96. The van der Waals surface area contributed by atoms with Gasteiger partial charge in [-0.1, -0.05) is 22.9 Å². The second kappa shape index (κ2) is 3.33. The van der Waals surface area contributed by atoms with Gasteiger partial charge in [0.15, 0.2) is 5.78 Å². The number of hydrogen-bond donors (Lipinski definition) is 0. The fourth-order valence-corrected chi connectivity index (χ4v) is 1.91. The summed E-state index contributed by atoms with van der Waals surface area (Å²) in [6, 6.07) is 0. The molecular weight excluding hydrogens is 192 g/mol. The van der Waals surface area contributed by atoms with Crippen molar-refractivity contribution in [2.75, 3.05) is 0 Å². The van der Waals surface area contributed by atoms with Crippen molar-refractivity contribution in [1.29, 1.82) is 0 Å². The van der Waals surface area contributed by atoms with Crippen LogP contribution in [0.3, 0.4) is 0 Å². The largest absolute Gasteiger partial charge is 0.295 e. The molecule has 0 aromatic carbocycles. The first-order chi connectivity index (χ1) is 4.75. The molecule has 56 valence electrons. The molecule has 2 heteroatoms. The Morgan fingerprint density at radius 1 is 1.60 bits per heavy atom. The number of ketones is 1. The van der Waals surface area contributed by atoms with Crippen LogP contribution in [0.4, 0.5) is 0 Å². The van der Waals surface area contributed by atoms with E-state index in [2.05, 4.69) is 15.9 Å². The first-order valence-electron chi connectivity index (χ1n) is 3.66. The molecule has 0 heterocycles. The van der Waals surface area contributed by atoms with Crippen LogP contribution < -0.4 is 0 Å². The van der Waals surface area contributed by atoms with E-state index >= 15 is 0 Å². The van der Waals surface area contributed by atoms with E-state index in [9.17, 15) is 4.79 Å². The van der Waals surface area contributed by atoms with Gasteiger partial charge in [-0.15, -0.1) is 0 Å². The maximum Gasteiger partial charge on any atom is 0.159 e. The molecule has 0 radical (unpaired) electrons. The molecule has 10 heavy (non-hydrogen) atoms. The Morgan fingerprint density at radius 3 is 2.70 bits per heavy atom. The van der Waals surface area contributed by atoms with E-state index in [4.69, 9.17) is 0 Å². The van der Waals surface area contributed by atoms with Gasteiger partial charge in [0, 0.05) is 16.5 Å². The lowest BCUT2D eigenvalue weighted by molar-refractivity contribution is -0.115. The van der Waals surface area contributed by atoms with Gasteiger partial charge < -0.3 is 0 Å². The smallest absolute Gasteiger partial charge is 0.159 e. The Labute approximate surface area is 69.6 Å². The van der Waals surface area contributed by atoms with Crippen LogP contribution in [0.25, 0.3) is 0 Å². The van der Waals surface area contributed by atoms with Crippen LogP contribution in [0, 0.1) is 0 Å². The molecule has 0 spiro atoms. The minimum absolute atomic E-state index is 0.310. The predicted octanol–water partition coefficient (Wildman–Crippen LogP) is 2.80. The molecule has 0 amide bonds. The summed E-state index contributed by atoms with van der Waals surface area (Å²) < 4.78 is 1.14. The molecule has 1 aliphatic carbocycles. The molecule has 0 aliphatic heterocycles. The third-order valence-electron chi connectivity index (χ3n) is 1.81. The minimum atomic E-state index is 0.310. The fraction of sp³-hybridized carbons (Fsp3) is 0.625. The van der Waals surface area contributed by atoms with Gasteiger partial charge in [0.05, 0.1) is 0 Å². The number of carbonyl (C=O) groups excluding carboxylic acids is 1. The molecule has 0 N–H and O–H groups in total. The van der Waals surface area contributed by atoms with E-state index in [0.29, 0.717) is 12.2 Å². The Balaban J connectivity index is 2.71. The molecule has 0 aromatic rings. The molecule has 0 bridgehead atoms. The summed E-state index contributed by atoms with van der Waals surface area (Å²) in [5.41, 5.74) is 1.03. The highest BCUT2D eigenvalue weighted by Gasteiger charge is 2.16. The standard InChI is InChI=1S/C8H11BrO/c1-2-8(10)6-4-3-5-7(6)9/h2-5H2,1H3. The molecule has 0 saturated carbocycles. The zero-order valence-corrected chi connectivity index (χ0v) is 7.70. The molecular formula is C8H11BrO. The lowest BCUT2D eigenvalue weighted by Crippen LogP contribution is -1.97. The number of carbonyl (C=O) groups is 1. The normalized spacial score (nSPS) is 18.2. The number of Topliss-reactive ketones (excluding diaryl/α,β-unsaturated/α-hetero) is 1. The third kappa shape index (κ3) is 1.48. The first kappa shape index (κ1) is 7.99. The molecule has 0 saturated heterocycles. The number of hydrogen-bond acceptors (Lipinski definition) is 1. The van der Waals surface area contributed by atoms with E-state index in [0.717, 1.165) is 29.3 Å². The minimum Gasteiger partial charge on any atom is -0.295 e. The first-order valence-corrected chi connectivity index (χ1v) is 4.45. The van der Waals surface area contributed by atoms with Crippen LogP contribution in [0.5, 0.6) is 0 Å². The van der Waals surface area contributed by atoms with Crippen LogP contribution in [-0.2, 0) is 4.79 Å². The number of allylic oxidation sites excluding steroid dienone is 2. The van der Waals surface area contributed by atoms with Gasteiger partial charge in [0.1, 0.15) is 0 Å². The molecule has 1 aliphatic rings. The fourth-order valence-electron chi connectivity index (χ4n) is 1.21. The summed E-state index contributed by atoms with van der Waals surface area (Å²) in [4.78, 5) is 11.1. The van der Waals surface area contributed by atoms with Crippen LogP contribution in [-0.4, -0.2) is 5.78 Å². The SMILES string of the molecule is CCC(=O)C1=C(Br)CCC1.